The van der Waals surface area contributed by atoms with Crippen LogP contribution in [0, 0.1) is 13.8 Å². The van der Waals surface area contributed by atoms with Crippen molar-refractivity contribution in [3.05, 3.63) is 82.4 Å². The lowest BCUT2D eigenvalue weighted by Crippen LogP contribution is -2.24. The molecule has 0 fully saturated rings. The summed E-state index contributed by atoms with van der Waals surface area (Å²) in [6.07, 6.45) is 0.136. The first-order chi connectivity index (χ1) is 16.0. The highest BCUT2D eigenvalue weighted by Crippen LogP contribution is 2.31. The molecular formula is C27H27NO4S. The molecule has 0 radical (unpaired) electrons. The summed E-state index contributed by atoms with van der Waals surface area (Å²) in [5.74, 6) is -0.184. The molecule has 1 aromatic heterocycles. The second-order valence-electron chi connectivity index (χ2n) is 8.02. The van der Waals surface area contributed by atoms with E-state index in [2.05, 4.69) is 38.1 Å². The van der Waals surface area contributed by atoms with Crippen molar-refractivity contribution < 1.29 is 19.4 Å². The maximum absolute atomic E-state index is 11.4. The number of carboxylic acid groups (broad SMARTS) is 1. The summed E-state index contributed by atoms with van der Waals surface area (Å²) in [4.78, 5) is 17.4. The maximum atomic E-state index is 11.4. The second kappa shape index (κ2) is 10.1. The molecule has 4 aromatic rings. The third-order valence-electron chi connectivity index (χ3n) is 5.73. The molecule has 1 N–H and O–H groups in total. The van der Waals surface area contributed by atoms with Crippen LogP contribution in [0.3, 0.4) is 0 Å². The van der Waals surface area contributed by atoms with Gasteiger partial charge in [0, 0.05) is 35.8 Å². The van der Waals surface area contributed by atoms with Crippen molar-refractivity contribution in [1.29, 1.82) is 0 Å². The van der Waals surface area contributed by atoms with Crippen LogP contribution < -0.4 is 4.74 Å². The number of hydrogen-bond donors (Lipinski definition) is 1. The van der Waals surface area contributed by atoms with Gasteiger partial charge in [-0.2, -0.15) is 0 Å². The van der Waals surface area contributed by atoms with E-state index in [4.69, 9.17) is 14.5 Å². The summed E-state index contributed by atoms with van der Waals surface area (Å²) in [6, 6.07) is 20.2. The molecule has 0 aliphatic carbocycles. The van der Waals surface area contributed by atoms with Crippen molar-refractivity contribution in [1.82, 2.24) is 4.98 Å². The number of methoxy groups -OCH3 is 1. The quantitative estimate of drug-likeness (QED) is 0.339. The molecule has 6 heteroatoms. The van der Waals surface area contributed by atoms with Crippen LogP contribution in [-0.4, -0.2) is 35.9 Å². The van der Waals surface area contributed by atoms with E-state index in [9.17, 15) is 9.90 Å². The van der Waals surface area contributed by atoms with Crippen molar-refractivity contribution in [2.45, 2.75) is 32.8 Å². The van der Waals surface area contributed by atoms with Gasteiger partial charge >= 0.3 is 5.97 Å². The first-order valence-corrected chi connectivity index (χ1v) is 11.7. The Morgan fingerprint density at radius 1 is 1.03 bits per heavy atom. The predicted molar refractivity (Wildman–Crippen MR) is 132 cm³/mol. The van der Waals surface area contributed by atoms with Gasteiger partial charge in [0.05, 0.1) is 12.3 Å². The standard InChI is InChI=1S/C27H27NO4S/c1-17-8-10-19(11-9-17)26-28-23(18(2)33-26)14-15-32-24-13-12-20(16-25(31-3)27(29)30)21-6-4-5-7-22(21)24/h4-13,25H,14-16H2,1-3H3,(H,29,30). The van der Waals surface area contributed by atoms with Gasteiger partial charge in [0.1, 0.15) is 10.8 Å². The van der Waals surface area contributed by atoms with E-state index in [1.807, 2.05) is 36.4 Å². The van der Waals surface area contributed by atoms with Gasteiger partial charge in [-0.15, -0.1) is 11.3 Å². The summed E-state index contributed by atoms with van der Waals surface area (Å²) in [6.45, 7) is 4.69. The van der Waals surface area contributed by atoms with E-state index in [0.29, 0.717) is 13.0 Å². The van der Waals surface area contributed by atoms with E-state index in [1.165, 1.54) is 17.6 Å². The Bertz CT molecular complexity index is 1260. The van der Waals surface area contributed by atoms with E-state index in [1.54, 1.807) is 11.3 Å². The third kappa shape index (κ3) is 5.24. The Kier molecular flexibility index (Phi) is 7.06. The number of nitrogens with zero attached hydrogens (tertiary/aromatic N) is 1. The summed E-state index contributed by atoms with van der Waals surface area (Å²) < 4.78 is 11.3. The molecule has 1 unspecified atom stereocenters. The predicted octanol–water partition coefficient (Wildman–Crippen LogP) is 5.84. The van der Waals surface area contributed by atoms with Gasteiger partial charge < -0.3 is 14.6 Å². The number of benzene rings is 3. The van der Waals surface area contributed by atoms with Gasteiger partial charge in [0.2, 0.25) is 0 Å². The Hall–Kier alpha value is -3.22. The van der Waals surface area contributed by atoms with Crippen LogP contribution in [0.25, 0.3) is 21.3 Å². The van der Waals surface area contributed by atoms with Gasteiger partial charge in [-0.25, -0.2) is 9.78 Å². The van der Waals surface area contributed by atoms with Crippen molar-refractivity contribution in [3.63, 3.8) is 0 Å². The third-order valence-corrected chi connectivity index (χ3v) is 6.79. The van der Waals surface area contributed by atoms with Gasteiger partial charge in [0.15, 0.2) is 6.10 Å². The fourth-order valence-corrected chi connectivity index (χ4v) is 4.81. The minimum absolute atomic E-state index is 0.298. The van der Waals surface area contributed by atoms with Crippen molar-refractivity contribution >= 4 is 28.1 Å². The number of fused-ring (bicyclic) bond motifs is 1. The first-order valence-electron chi connectivity index (χ1n) is 10.9. The number of rotatable bonds is 9. The SMILES string of the molecule is COC(Cc1ccc(OCCc2nc(-c3ccc(C)cc3)sc2C)c2ccccc12)C(=O)O. The number of carboxylic acids is 1. The van der Waals surface area contributed by atoms with Crippen LogP contribution in [-0.2, 0) is 22.4 Å². The first kappa shape index (κ1) is 23.0. The molecule has 3 aromatic carbocycles. The van der Waals surface area contributed by atoms with E-state index in [0.717, 1.165) is 44.8 Å². The van der Waals surface area contributed by atoms with Crippen LogP contribution in [0.5, 0.6) is 5.75 Å². The number of aryl methyl sites for hydroxylation is 2. The molecule has 0 saturated heterocycles. The van der Waals surface area contributed by atoms with Crippen molar-refractivity contribution in [2.75, 3.05) is 13.7 Å². The fraction of sp³-hybridized carbons (Fsp3) is 0.259. The minimum Gasteiger partial charge on any atom is -0.493 e. The number of thiazole rings is 1. The molecule has 1 atom stereocenters. The average Bonchev–Trinajstić information content (AvgIpc) is 3.19. The molecule has 0 spiro atoms. The molecule has 0 aliphatic rings. The maximum Gasteiger partial charge on any atom is 0.333 e. The molecule has 0 aliphatic heterocycles. The lowest BCUT2D eigenvalue weighted by atomic mass is 9.99. The number of aliphatic carboxylic acids is 1. The van der Waals surface area contributed by atoms with Crippen LogP contribution in [0.15, 0.2) is 60.7 Å². The largest absolute Gasteiger partial charge is 0.493 e. The van der Waals surface area contributed by atoms with Crippen LogP contribution in [0.1, 0.15) is 21.7 Å². The average molecular weight is 462 g/mol. The van der Waals surface area contributed by atoms with E-state index < -0.39 is 12.1 Å². The fourth-order valence-electron chi connectivity index (χ4n) is 3.85. The van der Waals surface area contributed by atoms with Crippen LogP contribution >= 0.6 is 11.3 Å². The molecule has 1 heterocycles. The zero-order valence-corrected chi connectivity index (χ0v) is 19.8. The van der Waals surface area contributed by atoms with Gasteiger partial charge in [-0.3, -0.25) is 0 Å². The molecule has 170 valence electrons. The summed E-state index contributed by atoms with van der Waals surface area (Å²) in [5.41, 5.74) is 4.35. The Morgan fingerprint density at radius 2 is 1.76 bits per heavy atom. The Morgan fingerprint density at radius 3 is 2.45 bits per heavy atom. The van der Waals surface area contributed by atoms with E-state index >= 15 is 0 Å². The summed E-state index contributed by atoms with van der Waals surface area (Å²) >= 11 is 1.71. The van der Waals surface area contributed by atoms with Crippen molar-refractivity contribution in [3.8, 4) is 16.3 Å². The molecule has 0 amide bonds. The zero-order valence-electron chi connectivity index (χ0n) is 19.0. The highest BCUT2D eigenvalue weighted by Gasteiger charge is 2.19. The molecule has 33 heavy (non-hydrogen) atoms. The Balaban J connectivity index is 1.49. The number of carbonyl (C=O) groups is 1. The molecule has 0 bridgehead atoms. The molecule has 5 nitrogen and oxygen atoms in total. The highest BCUT2D eigenvalue weighted by molar-refractivity contribution is 7.15. The lowest BCUT2D eigenvalue weighted by molar-refractivity contribution is -0.148. The van der Waals surface area contributed by atoms with Crippen molar-refractivity contribution in [2.24, 2.45) is 0 Å². The molecular weight excluding hydrogens is 434 g/mol. The molecule has 0 saturated carbocycles. The number of hydrogen-bond acceptors (Lipinski definition) is 5. The topological polar surface area (TPSA) is 68.7 Å². The smallest absolute Gasteiger partial charge is 0.333 e. The van der Waals surface area contributed by atoms with Gasteiger partial charge in [-0.05, 0) is 30.9 Å². The number of aromatic nitrogens is 1. The van der Waals surface area contributed by atoms with Gasteiger partial charge in [0.25, 0.3) is 0 Å². The minimum atomic E-state index is -0.967. The molecule has 4 rings (SSSR count). The lowest BCUT2D eigenvalue weighted by Gasteiger charge is -2.15. The monoisotopic (exact) mass is 461 g/mol. The number of ether oxygens (including phenoxy) is 2. The van der Waals surface area contributed by atoms with Crippen LogP contribution in [0.4, 0.5) is 0 Å². The summed E-state index contributed by atoms with van der Waals surface area (Å²) in [5, 5.41) is 12.3. The Labute approximate surface area is 197 Å². The van der Waals surface area contributed by atoms with E-state index in [-0.39, 0.29) is 0 Å². The summed E-state index contributed by atoms with van der Waals surface area (Å²) in [7, 11) is 1.42. The van der Waals surface area contributed by atoms with Crippen LogP contribution in [0.2, 0.25) is 0 Å². The van der Waals surface area contributed by atoms with Gasteiger partial charge in [-0.1, -0.05) is 60.2 Å². The highest BCUT2D eigenvalue weighted by atomic mass is 32.1. The normalized spacial score (nSPS) is 12.1. The zero-order chi connectivity index (χ0) is 23.4. The second-order valence-corrected chi connectivity index (χ2v) is 9.22.